The number of carbonyl (C=O) groups is 2. The number of benzene rings is 1. The summed E-state index contributed by atoms with van der Waals surface area (Å²) in [6, 6.07) is 9.81. The summed E-state index contributed by atoms with van der Waals surface area (Å²) in [5, 5.41) is 13.5. The van der Waals surface area contributed by atoms with E-state index in [0.29, 0.717) is 4.88 Å². The van der Waals surface area contributed by atoms with E-state index in [4.69, 9.17) is 0 Å². The van der Waals surface area contributed by atoms with E-state index in [0.717, 1.165) is 10.0 Å². The van der Waals surface area contributed by atoms with Crippen molar-refractivity contribution in [1.29, 1.82) is 0 Å². The molecule has 1 unspecified atom stereocenters. The van der Waals surface area contributed by atoms with E-state index in [1.807, 2.05) is 24.3 Å². The summed E-state index contributed by atoms with van der Waals surface area (Å²) >= 11 is 4.63. The Balaban J connectivity index is 2.02. The summed E-state index contributed by atoms with van der Waals surface area (Å²) in [6.07, 6.45) is 0.155. The van der Waals surface area contributed by atoms with E-state index < -0.39 is 12.0 Å². The molecule has 1 atom stereocenters. The number of nitrogens with one attached hydrogen (secondary N) is 1. The Morgan fingerprint density at radius 1 is 1.25 bits per heavy atom. The van der Waals surface area contributed by atoms with Crippen molar-refractivity contribution in [2.24, 2.45) is 0 Å². The highest BCUT2D eigenvalue weighted by Gasteiger charge is 2.22. The molecular formula is C14H12BrNO3S. The molecule has 1 heterocycles. The first-order valence-corrected chi connectivity index (χ1v) is 7.53. The number of hydrogen-bond donors (Lipinski definition) is 2. The normalized spacial score (nSPS) is 11.8. The predicted molar refractivity (Wildman–Crippen MR) is 80.7 cm³/mol. The third kappa shape index (κ3) is 3.91. The number of hydrogen-bond acceptors (Lipinski definition) is 3. The van der Waals surface area contributed by atoms with E-state index in [-0.39, 0.29) is 12.3 Å². The fourth-order valence-corrected chi connectivity index (χ4v) is 2.74. The van der Waals surface area contributed by atoms with Crippen molar-refractivity contribution in [2.45, 2.75) is 12.5 Å². The first-order chi connectivity index (χ1) is 9.56. The minimum atomic E-state index is -1.06. The molecule has 0 fully saturated rings. The molecule has 1 aromatic heterocycles. The maximum Gasteiger partial charge on any atom is 0.331 e. The highest BCUT2D eigenvalue weighted by Crippen LogP contribution is 2.19. The van der Waals surface area contributed by atoms with Crippen LogP contribution in [0.15, 0.2) is 46.3 Å². The number of amides is 1. The van der Waals surface area contributed by atoms with Crippen molar-refractivity contribution in [3.05, 3.63) is 56.7 Å². The number of aliphatic carboxylic acids is 1. The van der Waals surface area contributed by atoms with Gasteiger partial charge in [0.1, 0.15) is 0 Å². The SMILES string of the molecule is O=C(Cc1ccc(Br)cc1)NC(C(=O)O)c1cccs1. The maximum atomic E-state index is 11.9. The number of rotatable bonds is 5. The molecule has 0 saturated heterocycles. The van der Waals surface area contributed by atoms with E-state index in [2.05, 4.69) is 21.2 Å². The average molecular weight is 354 g/mol. The summed E-state index contributed by atoms with van der Waals surface area (Å²) < 4.78 is 0.934. The smallest absolute Gasteiger partial charge is 0.331 e. The lowest BCUT2D eigenvalue weighted by Crippen LogP contribution is -2.34. The fraction of sp³-hybridized carbons (Fsp3) is 0.143. The summed E-state index contributed by atoms with van der Waals surface area (Å²) in [5.74, 6) is -1.37. The van der Waals surface area contributed by atoms with E-state index in [1.165, 1.54) is 11.3 Å². The second kappa shape index (κ2) is 6.67. The largest absolute Gasteiger partial charge is 0.479 e. The molecule has 0 bridgehead atoms. The number of thiophene rings is 1. The van der Waals surface area contributed by atoms with Gasteiger partial charge in [0.15, 0.2) is 6.04 Å². The monoisotopic (exact) mass is 353 g/mol. The van der Waals surface area contributed by atoms with Crippen LogP contribution in [0.1, 0.15) is 16.5 Å². The molecule has 0 saturated carbocycles. The zero-order valence-electron chi connectivity index (χ0n) is 10.4. The van der Waals surface area contributed by atoms with Crippen molar-refractivity contribution in [3.8, 4) is 0 Å². The molecule has 2 rings (SSSR count). The Hall–Kier alpha value is -1.66. The Labute approximate surface area is 128 Å². The predicted octanol–water partition coefficient (Wildman–Crippen LogP) is 3.00. The van der Waals surface area contributed by atoms with Gasteiger partial charge in [0.2, 0.25) is 5.91 Å². The molecule has 0 radical (unpaired) electrons. The van der Waals surface area contributed by atoms with Gasteiger partial charge in [-0.1, -0.05) is 34.1 Å². The second-order valence-corrected chi connectivity index (χ2v) is 6.05. The van der Waals surface area contributed by atoms with Gasteiger partial charge in [-0.2, -0.15) is 0 Å². The lowest BCUT2D eigenvalue weighted by molar-refractivity contribution is -0.141. The van der Waals surface area contributed by atoms with Gasteiger partial charge in [0, 0.05) is 9.35 Å². The Morgan fingerprint density at radius 2 is 1.95 bits per heavy atom. The van der Waals surface area contributed by atoms with Crippen LogP contribution in [0.2, 0.25) is 0 Å². The van der Waals surface area contributed by atoms with Crippen LogP contribution in [0, 0.1) is 0 Å². The molecule has 104 valence electrons. The van der Waals surface area contributed by atoms with Crippen molar-refractivity contribution in [3.63, 3.8) is 0 Å². The van der Waals surface area contributed by atoms with Crippen LogP contribution >= 0.6 is 27.3 Å². The van der Waals surface area contributed by atoms with E-state index in [1.54, 1.807) is 17.5 Å². The number of carbonyl (C=O) groups excluding carboxylic acids is 1. The number of carboxylic acids is 1. The highest BCUT2D eigenvalue weighted by molar-refractivity contribution is 9.10. The minimum absolute atomic E-state index is 0.155. The first-order valence-electron chi connectivity index (χ1n) is 5.86. The van der Waals surface area contributed by atoms with Gasteiger partial charge in [-0.3, -0.25) is 4.79 Å². The van der Waals surface area contributed by atoms with Crippen LogP contribution in [-0.4, -0.2) is 17.0 Å². The van der Waals surface area contributed by atoms with Crippen molar-refractivity contribution >= 4 is 39.1 Å². The van der Waals surface area contributed by atoms with Crippen LogP contribution in [0.4, 0.5) is 0 Å². The molecule has 0 spiro atoms. The van der Waals surface area contributed by atoms with Gasteiger partial charge in [0.25, 0.3) is 0 Å². The topological polar surface area (TPSA) is 66.4 Å². The van der Waals surface area contributed by atoms with Gasteiger partial charge < -0.3 is 10.4 Å². The Morgan fingerprint density at radius 3 is 2.50 bits per heavy atom. The van der Waals surface area contributed by atoms with Crippen LogP contribution in [-0.2, 0) is 16.0 Å². The average Bonchev–Trinajstić information content (AvgIpc) is 2.92. The standard InChI is InChI=1S/C14H12BrNO3S/c15-10-5-3-9(4-6-10)8-12(17)16-13(14(18)19)11-2-1-7-20-11/h1-7,13H,8H2,(H,16,17)(H,18,19). The molecule has 0 aliphatic carbocycles. The van der Waals surface area contributed by atoms with E-state index >= 15 is 0 Å². The van der Waals surface area contributed by atoms with Crippen LogP contribution in [0.25, 0.3) is 0 Å². The van der Waals surface area contributed by atoms with Crippen molar-refractivity contribution in [1.82, 2.24) is 5.32 Å². The van der Waals surface area contributed by atoms with Gasteiger partial charge in [-0.15, -0.1) is 11.3 Å². The Kier molecular flexibility index (Phi) is 4.92. The molecule has 0 aliphatic heterocycles. The fourth-order valence-electron chi connectivity index (χ4n) is 1.71. The molecular weight excluding hydrogens is 342 g/mol. The molecule has 2 N–H and O–H groups in total. The summed E-state index contributed by atoms with van der Waals surface area (Å²) in [7, 11) is 0. The summed E-state index contributed by atoms with van der Waals surface area (Å²) in [4.78, 5) is 23.8. The third-order valence-corrected chi connectivity index (χ3v) is 4.12. The summed E-state index contributed by atoms with van der Waals surface area (Å²) in [5.41, 5.74) is 0.834. The van der Waals surface area contributed by atoms with Crippen LogP contribution in [0.3, 0.4) is 0 Å². The van der Waals surface area contributed by atoms with Crippen LogP contribution in [0.5, 0.6) is 0 Å². The zero-order chi connectivity index (χ0) is 14.5. The minimum Gasteiger partial charge on any atom is -0.479 e. The molecule has 20 heavy (non-hydrogen) atoms. The molecule has 6 heteroatoms. The van der Waals surface area contributed by atoms with Gasteiger partial charge in [-0.25, -0.2) is 4.79 Å². The third-order valence-electron chi connectivity index (χ3n) is 2.66. The van der Waals surface area contributed by atoms with Crippen molar-refractivity contribution < 1.29 is 14.7 Å². The molecule has 2 aromatic rings. The van der Waals surface area contributed by atoms with Gasteiger partial charge >= 0.3 is 5.97 Å². The quantitative estimate of drug-likeness (QED) is 0.868. The Bertz CT molecular complexity index is 595. The highest BCUT2D eigenvalue weighted by atomic mass is 79.9. The molecule has 1 amide bonds. The molecule has 0 aliphatic rings. The number of halogens is 1. The zero-order valence-corrected chi connectivity index (χ0v) is 12.8. The number of carboxylic acid groups (broad SMARTS) is 1. The summed E-state index contributed by atoms with van der Waals surface area (Å²) in [6.45, 7) is 0. The maximum absolute atomic E-state index is 11.9. The van der Waals surface area contributed by atoms with Gasteiger partial charge in [-0.05, 0) is 29.1 Å². The second-order valence-electron chi connectivity index (χ2n) is 4.16. The van der Waals surface area contributed by atoms with Crippen LogP contribution < -0.4 is 5.32 Å². The molecule has 1 aromatic carbocycles. The van der Waals surface area contributed by atoms with Crippen molar-refractivity contribution in [2.75, 3.05) is 0 Å². The van der Waals surface area contributed by atoms with Gasteiger partial charge in [0.05, 0.1) is 6.42 Å². The lowest BCUT2D eigenvalue weighted by Gasteiger charge is -2.13. The molecule has 4 nitrogen and oxygen atoms in total. The first kappa shape index (κ1) is 14.7. The van der Waals surface area contributed by atoms with E-state index in [9.17, 15) is 14.7 Å². The lowest BCUT2D eigenvalue weighted by atomic mass is 10.1.